The summed E-state index contributed by atoms with van der Waals surface area (Å²) in [7, 11) is 0. The predicted molar refractivity (Wildman–Crippen MR) is 89.3 cm³/mol. The quantitative estimate of drug-likeness (QED) is 0.900. The van der Waals surface area contributed by atoms with Crippen molar-refractivity contribution in [2.75, 3.05) is 0 Å². The van der Waals surface area contributed by atoms with E-state index in [0.29, 0.717) is 42.5 Å². The fourth-order valence-electron chi connectivity index (χ4n) is 3.46. The van der Waals surface area contributed by atoms with E-state index in [2.05, 4.69) is 10.3 Å². The molecule has 128 valence electrons. The number of Topliss-reactive ketones (excluding diaryl/α,β-unsaturated/α-hetero) is 1. The van der Waals surface area contributed by atoms with E-state index in [1.807, 2.05) is 0 Å². The Labute approximate surface area is 143 Å². The number of ketones is 1. The van der Waals surface area contributed by atoms with Crippen LogP contribution in [0.15, 0.2) is 35.1 Å². The number of aromatic amines is 1. The highest BCUT2D eigenvalue weighted by atomic mass is 19.1. The third-order valence-corrected chi connectivity index (χ3v) is 4.91. The van der Waals surface area contributed by atoms with Gasteiger partial charge in [-0.15, -0.1) is 0 Å². The second-order valence-corrected chi connectivity index (χ2v) is 6.62. The molecule has 1 aromatic carbocycles. The SMILES string of the molecule is O=C1CCCc2[nH]c(=O)c(C(=O)N[C@@H]3C[C@H]3c3ccccc3F)cc21. The van der Waals surface area contributed by atoms with Gasteiger partial charge in [-0.3, -0.25) is 14.4 Å². The molecule has 25 heavy (non-hydrogen) atoms. The maximum atomic E-state index is 13.8. The Morgan fingerprint density at radius 1 is 1.20 bits per heavy atom. The van der Waals surface area contributed by atoms with Gasteiger partial charge in [-0.25, -0.2) is 4.39 Å². The van der Waals surface area contributed by atoms with E-state index in [1.54, 1.807) is 18.2 Å². The van der Waals surface area contributed by atoms with E-state index in [4.69, 9.17) is 0 Å². The summed E-state index contributed by atoms with van der Waals surface area (Å²) in [5, 5.41) is 2.77. The first-order valence-electron chi connectivity index (χ1n) is 8.39. The number of carbonyl (C=O) groups is 2. The summed E-state index contributed by atoms with van der Waals surface area (Å²) >= 11 is 0. The van der Waals surface area contributed by atoms with Crippen molar-refractivity contribution in [3.05, 3.63) is 68.9 Å². The number of aromatic nitrogens is 1. The van der Waals surface area contributed by atoms with E-state index in [1.165, 1.54) is 12.1 Å². The smallest absolute Gasteiger partial charge is 0.261 e. The average molecular weight is 340 g/mol. The number of aryl methyl sites for hydroxylation is 1. The fourth-order valence-corrected chi connectivity index (χ4v) is 3.46. The largest absolute Gasteiger partial charge is 0.348 e. The molecule has 1 saturated carbocycles. The predicted octanol–water partition coefficient (Wildman–Crippen LogP) is 2.32. The molecule has 0 spiro atoms. The topological polar surface area (TPSA) is 79.0 Å². The maximum absolute atomic E-state index is 13.8. The van der Waals surface area contributed by atoms with E-state index in [9.17, 15) is 18.8 Å². The standard InChI is InChI=1S/C19H17FN2O3/c20-14-5-2-1-4-10(14)11-9-16(11)22-19(25)13-8-12-15(21-18(13)24)6-3-7-17(12)23/h1-2,4-5,8,11,16H,3,6-7,9H2,(H,21,24)(H,22,25)/t11-,16+/m0/s1. The Hall–Kier alpha value is -2.76. The molecule has 2 aromatic rings. The van der Waals surface area contributed by atoms with Crippen molar-refractivity contribution < 1.29 is 14.0 Å². The van der Waals surface area contributed by atoms with Gasteiger partial charge in [0.25, 0.3) is 11.5 Å². The van der Waals surface area contributed by atoms with Crippen LogP contribution in [0, 0.1) is 5.82 Å². The van der Waals surface area contributed by atoms with Crippen LogP contribution in [0.5, 0.6) is 0 Å². The van der Waals surface area contributed by atoms with Crippen molar-refractivity contribution in [1.82, 2.24) is 10.3 Å². The molecule has 4 rings (SSSR count). The lowest BCUT2D eigenvalue weighted by Crippen LogP contribution is -2.33. The molecule has 6 heteroatoms. The van der Waals surface area contributed by atoms with E-state index >= 15 is 0 Å². The zero-order valence-electron chi connectivity index (χ0n) is 13.5. The molecule has 5 nitrogen and oxygen atoms in total. The number of hydrogen-bond acceptors (Lipinski definition) is 3. The summed E-state index contributed by atoms with van der Waals surface area (Å²) in [5.41, 5.74) is 1.05. The van der Waals surface area contributed by atoms with Crippen LogP contribution in [0.3, 0.4) is 0 Å². The van der Waals surface area contributed by atoms with Gasteiger partial charge in [0.05, 0.1) is 0 Å². The minimum atomic E-state index is -0.522. The molecule has 1 fully saturated rings. The molecule has 0 unspecified atom stereocenters. The first-order valence-corrected chi connectivity index (χ1v) is 8.39. The van der Waals surface area contributed by atoms with Crippen LogP contribution in [0.2, 0.25) is 0 Å². The first kappa shape index (κ1) is 15.7. The molecule has 0 saturated heterocycles. The molecule has 1 heterocycles. The molecule has 1 aromatic heterocycles. The van der Waals surface area contributed by atoms with Crippen molar-refractivity contribution in [2.45, 2.75) is 37.6 Å². The monoisotopic (exact) mass is 340 g/mol. The van der Waals surface area contributed by atoms with Crippen molar-refractivity contribution in [3.63, 3.8) is 0 Å². The lowest BCUT2D eigenvalue weighted by Gasteiger charge is -2.15. The molecule has 0 radical (unpaired) electrons. The van der Waals surface area contributed by atoms with Crippen LogP contribution >= 0.6 is 0 Å². The van der Waals surface area contributed by atoms with E-state index in [0.717, 1.165) is 0 Å². The Morgan fingerprint density at radius 3 is 2.80 bits per heavy atom. The van der Waals surface area contributed by atoms with Crippen molar-refractivity contribution in [2.24, 2.45) is 0 Å². The molecule has 2 aliphatic rings. The minimum Gasteiger partial charge on any atom is -0.348 e. The summed E-state index contributed by atoms with van der Waals surface area (Å²) in [6.45, 7) is 0. The van der Waals surface area contributed by atoms with Gasteiger partial charge in [-0.2, -0.15) is 0 Å². The Bertz CT molecular complexity index is 935. The van der Waals surface area contributed by atoms with Gasteiger partial charge in [-0.1, -0.05) is 18.2 Å². The zero-order valence-corrected chi connectivity index (χ0v) is 13.5. The Balaban J connectivity index is 1.53. The zero-order chi connectivity index (χ0) is 17.6. The van der Waals surface area contributed by atoms with Crippen molar-refractivity contribution in [3.8, 4) is 0 Å². The fraction of sp³-hybridized carbons (Fsp3) is 0.316. The molecule has 2 aliphatic carbocycles. The Kier molecular flexibility index (Phi) is 3.75. The number of amides is 1. The molecular weight excluding hydrogens is 323 g/mol. The van der Waals surface area contributed by atoms with Crippen LogP contribution < -0.4 is 10.9 Å². The molecule has 1 amide bonds. The molecule has 0 bridgehead atoms. The number of hydrogen-bond donors (Lipinski definition) is 2. The van der Waals surface area contributed by atoms with Crippen LogP contribution in [0.25, 0.3) is 0 Å². The van der Waals surface area contributed by atoms with Crippen LogP contribution in [-0.2, 0) is 6.42 Å². The number of pyridine rings is 1. The molecule has 2 N–H and O–H groups in total. The second-order valence-electron chi connectivity index (χ2n) is 6.62. The number of H-pyrrole nitrogens is 1. The van der Waals surface area contributed by atoms with Gasteiger partial charge in [0.1, 0.15) is 11.4 Å². The number of fused-ring (bicyclic) bond motifs is 1. The highest BCUT2D eigenvalue weighted by Gasteiger charge is 2.41. The molecule has 2 atom stereocenters. The summed E-state index contributed by atoms with van der Waals surface area (Å²) < 4.78 is 13.8. The second kappa shape index (κ2) is 5.95. The highest BCUT2D eigenvalue weighted by Crippen LogP contribution is 2.41. The van der Waals surface area contributed by atoms with E-state index in [-0.39, 0.29) is 29.1 Å². The van der Waals surface area contributed by atoms with Crippen LogP contribution in [0.4, 0.5) is 4.39 Å². The number of benzene rings is 1. The van der Waals surface area contributed by atoms with Gasteiger partial charge in [0, 0.05) is 29.6 Å². The molecular formula is C19H17FN2O3. The number of nitrogens with one attached hydrogen (secondary N) is 2. The summed E-state index contributed by atoms with van der Waals surface area (Å²) in [6.07, 6.45) is 2.41. The van der Waals surface area contributed by atoms with E-state index < -0.39 is 11.5 Å². The third kappa shape index (κ3) is 2.88. The van der Waals surface area contributed by atoms with Crippen molar-refractivity contribution in [1.29, 1.82) is 0 Å². The summed E-state index contributed by atoms with van der Waals surface area (Å²) in [4.78, 5) is 39.2. The van der Waals surface area contributed by atoms with Crippen LogP contribution in [0.1, 0.15) is 57.2 Å². The average Bonchev–Trinajstić information content (AvgIpc) is 3.33. The lowest BCUT2D eigenvalue weighted by molar-refractivity contribution is 0.0948. The lowest BCUT2D eigenvalue weighted by atomic mass is 9.93. The Morgan fingerprint density at radius 2 is 2.00 bits per heavy atom. The van der Waals surface area contributed by atoms with Gasteiger partial charge < -0.3 is 10.3 Å². The van der Waals surface area contributed by atoms with Crippen molar-refractivity contribution >= 4 is 11.7 Å². The number of carbonyl (C=O) groups excluding carboxylic acids is 2. The minimum absolute atomic E-state index is 0.0535. The molecule has 0 aliphatic heterocycles. The third-order valence-electron chi connectivity index (χ3n) is 4.91. The summed E-state index contributed by atoms with van der Waals surface area (Å²) in [6, 6.07) is 7.68. The van der Waals surface area contributed by atoms with Crippen LogP contribution in [-0.4, -0.2) is 22.7 Å². The maximum Gasteiger partial charge on any atom is 0.261 e. The van der Waals surface area contributed by atoms with Gasteiger partial charge >= 0.3 is 0 Å². The first-order chi connectivity index (χ1) is 12.0. The van der Waals surface area contributed by atoms with Gasteiger partial charge in [-0.05, 0) is 37.0 Å². The highest BCUT2D eigenvalue weighted by molar-refractivity contribution is 6.01. The van der Waals surface area contributed by atoms with Gasteiger partial charge in [0.15, 0.2) is 5.78 Å². The normalized spacial score (nSPS) is 21.6. The van der Waals surface area contributed by atoms with Gasteiger partial charge in [0.2, 0.25) is 0 Å². The number of rotatable bonds is 3. The number of halogens is 1. The summed E-state index contributed by atoms with van der Waals surface area (Å²) in [5.74, 6) is -0.946.